The minimum atomic E-state index is -0.0443. The molecule has 0 aliphatic carbocycles. The summed E-state index contributed by atoms with van der Waals surface area (Å²) >= 11 is 0. The zero-order chi connectivity index (χ0) is 21.0. The first-order valence-electron chi connectivity index (χ1n) is 10.1. The van der Waals surface area contributed by atoms with Crippen LogP contribution in [0.3, 0.4) is 0 Å². The molecule has 0 spiro atoms. The number of allylic oxidation sites excluding steroid dienone is 7. The van der Waals surface area contributed by atoms with E-state index in [-0.39, 0.29) is 21.7 Å². The van der Waals surface area contributed by atoms with Gasteiger partial charge in [0.1, 0.15) is 11.5 Å². The fourth-order valence-corrected chi connectivity index (χ4v) is 3.06. The molecule has 2 heterocycles. The maximum atomic E-state index is 6.35. The molecule has 0 bridgehead atoms. The van der Waals surface area contributed by atoms with E-state index in [1.165, 1.54) is 22.6 Å². The van der Waals surface area contributed by atoms with Gasteiger partial charge in [-0.25, -0.2) is 4.99 Å². The first-order valence-corrected chi connectivity index (χ1v) is 10.1. The van der Waals surface area contributed by atoms with Gasteiger partial charge in [-0.3, -0.25) is 0 Å². The van der Waals surface area contributed by atoms with Crippen molar-refractivity contribution in [2.75, 3.05) is 0 Å². The Morgan fingerprint density at radius 2 is 1.04 bits per heavy atom. The third-order valence-electron chi connectivity index (χ3n) is 4.99. The molecule has 0 saturated heterocycles. The number of hydrogen-bond donors (Lipinski definition) is 1. The lowest BCUT2D eigenvalue weighted by atomic mass is 9.80. The predicted octanol–water partition coefficient (Wildman–Crippen LogP) is 5.68. The molecule has 2 heteroatoms. The first-order chi connectivity index (χ1) is 11.9. The van der Waals surface area contributed by atoms with Crippen molar-refractivity contribution in [1.29, 1.82) is 0 Å². The molecule has 0 saturated carbocycles. The lowest BCUT2D eigenvalue weighted by molar-refractivity contribution is -0.394. The van der Waals surface area contributed by atoms with E-state index >= 15 is 0 Å². The summed E-state index contributed by atoms with van der Waals surface area (Å²) in [6.45, 7) is 26.9. The second kappa shape index (κ2) is 6.50. The van der Waals surface area contributed by atoms with Crippen molar-refractivity contribution >= 4 is 5.71 Å². The zero-order valence-corrected chi connectivity index (χ0v) is 19.6. The molecule has 0 aromatic carbocycles. The van der Waals surface area contributed by atoms with Crippen LogP contribution in [-0.2, 0) is 4.74 Å². The minimum absolute atomic E-state index is 0.0443. The standard InChI is InChI=1S/C25H39NO/c1-22(2,3)17-15-18(23(4,5)6)26-21(17)16-13-19(24(7,8)9)27-20(14-16)25(10,11)12/h13-15H,1-12H3/p+1. The van der Waals surface area contributed by atoms with E-state index in [1.54, 1.807) is 0 Å². The highest BCUT2D eigenvalue weighted by atomic mass is 16.5. The Bertz CT molecular complexity index is 738. The van der Waals surface area contributed by atoms with E-state index in [0.717, 1.165) is 11.5 Å². The van der Waals surface area contributed by atoms with Crippen LogP contribution in [0.4, 0.5) is 0 Å². The van der Waals surface area contributed by atoms with Crippen LogP contribution in [0.1, 0.15) is 83.1 Å². The predicted molar refractivity (Wildman–Crippen MR) is 116 cm³/mol. The Kier molecular flexibility index (Phi) is 5.23. The fraction of sp³-hybridized carbons (Fsp3) is 0.640. The highest BCUT2D eigenvalue weighted by molar-refractivity contribution is 5.97. The summed E-state index contributed by atoms with van der Waals surface area (Å²) in [4.78, 5) is 3.76. The molecule has 2 nitrogen and oxygen atoms in total. The van der Waals surface area contributed by atoms with Crippen LogP contribution in [0, 0.1) is 21.7 Å². The maximum absolute atomic E-state index is 6.35. The number of hydrogen-bond acceptors (Lipinski definition) is 1. The average Bonchev–Trinajstić information content (AvgIpc) is 2.90. The van der Waals surface area contributed by atoms with Gasteiger partial charge >= 0.3 is 0 Å². The Labute approximate surface area is 167 Å². The molecule has 2 aliphatic heterocycles. The van der Waals surface area contributed by atoms with Crippen molar-refractivity contribution in [2.24, 2.45) is 21.7 Å². The molecular weight excluding hydrogens is 330 g/mol. The van der Waals surface area contributed by atoms with Crippen molar-refractivity contribution in [3.63, 3.8) is 0 Å². The van der Waals surface area contributed by atoms with Gasteiger partial charge in [0.15, 0.2) is 5.71 Å². The van der Waals surface area contributed by atoms with Gasteiger partial charge in [-0.15, -0.1) is 0 Å². The zero-order valence-electron chi connectivity index (χ0n) is 19.6. The van der Waals surface area contributed by atoms with Crippen molar-refractivity contribution in [3.8, 4) is 0 Å². The van der Waals surface area contributed by atoms with E-state index in [2.05, 4.69) is 106 Å². The second-order valence-electron chi connectivity index (χ2n) is 12.0. The largest absolute Gasteiger partial charge is 0.465 e. The SMILES string of the molecule is CC(C)(C)C1=CC(=C2[NH+]=C(C(C)(C)C)C=C2C(C)(C)C)C=C(C(C)(C)C)O1. The molecule has 150 valence electrons. The lowest BCUT2D eigenvalue weighted by Gasteiger charge is -2.32. The molecule has 27 heavy (non-hydrogen) atoms. The molecule has 1 N–H and O–H groups in total. The normalized spacial score (nSPS) is 19.4. The van der Waals surface area contributed by atoms with Gasteiger partial charge in [0.05, 0.1) is 5.57 Å². The molecule has 0 radical (unpaired) electrons. The summed E-state index contributed by atoms with van der Waals surface area (Å²) in [5.41, 5.74) is 5.13. The third-order valence-corrected chi connectivity index (χ3v) is 4.99. The second-order valence-corrected chi connectivity index (χ2v) is 12.0. The maximum Gasteiger partial charge on any atom is 0.215 e. The summed E-state index contributed by atoms with van der Waals surface area (Å²) in [7, 11) is 0. The lowest BCUT2D eigenvalue weighted by Crippen LogP contribution is -2.71. The van der Waals surface area contributed by atoms with Crippen LogP contribution in [0.2, 0.25) is 0 Å². The highest BCUT2D eigenvalue weighted by Crippen LogP contribution is 2.41. The molecule has 0 aromatic heterocycles. The Morgan fingerprint density at radius 1 is 0.593 bits per heavy atom. The number of rotatable bonds is 0. The molecule has 2 aliphatic rings. The molecule has 0 fully saturated rings. The monoisotopic (exact) mass is 370 g/mol. The van der Waals surface area contributed by atoms with Gasteiger partial charge in [0.25, 0.3) is 0 Å². The summed E-state index contributed by atoms with van der Waals surface area (Å²) in [5.74, 6) is 2.05. The van der Waals surface area contributed by atoms with E-state index < -0.39 is 0 Å². The first kappa shape index (κ1) is 21.7. The molecule has 0 unspecified atom stereocenters. The minimum Gasteiger partial charge on any atom is -0.465 e. The van der Waals surface area contributed by atoms with Crippen molar-refractivity contribution in [1.82, 2.24) is 0 Å². The Balaban J connectivity index is 2.77. The molecular formula is C25H40NO+. The van der Waals surface area contributed by atoms with Crippen LogP contribution in [0.15, 0.2) is 46.6 Å². The van der Waals surface area contributed by atoms with E-state index in [1.807, 2.05) is 0 Å². The smallest absolute Gasteiger partial charge is 0.215 e. The number of ether oxygens (including phenoxy) is 1. The molecule has 0 atom stereocenters. The van der Waals surface area contributed by atoms with E-state index in [4.69, 9.17) is 4.74 Å². The van der Waals surface area contributed by atoms with Crippen LogP contribution in [0.5, 0.6) is 0 Å². The quantitative estimate of drug-likeness (QED) is 0.582. The van der Waals surface area contributed by atoms with Gasteiger partial charge in [-0.2, -0.15) is 0 Å². The summed E-state index contributed by atoms with van der Waals surface area (Å²) < 4.78 is 6.35. The molecule has 0 amide bonds. The van der Waals surface area contributed by atoms with Crippen LogP contribution in [0.25, 0.3) is 0 Å². The average molecular weight is 371 g/mol. The van der Waals surface area contributed by atoms with Gasteiger partial charge in [0.2, 0.25) is 5.70 Å². The Morgan fingerprint density at radius 3 is 1.37 bits per heavy atom. The van der Waals surface area contributed by atoms with E-state index in [0.29, 0.717) is 0 Å². The third kappa shape index (κ3) is 4.83. The summed E-state index contributed by atoms with van der Waals surface area (Å²) in [5, 5.41) is 0. The van der Waals surface area contributed by atoms with Crippen molar-refractivity contribution in [2.45, 2.75) is 83.1 Å². The van der Waals surface area contributed by atoms with Crippen molar-refractivity contribution < 1.29 is 9.73 Å². The van der Waals surface area contributed by atoms with Gasteiger partial charge in [-0.1, -0.05) is 83.1 Å². The topological polar surface area (TPSA) is 23.2 Å². The summed E-state index contributed by atoms with van der Waals surface area (Å²) in [6.07, 6.45) is 6.80. The van der Waals surface area contributed by atoms with Gasteiger partial charge in [0, 0.05) is 27.9 Å². The van der Waals surface area contributed by atoms with E-state index in [9.17, 15) is 0 Å². The fourth-order valence-electron chi connectivity index (χ4n) is 3.06. The van der Waals surface area contributed by atoms with Crippen LogP contribution < -0.4 is 4.99 Å². The highest BCUT2D eigenvalue weighted by Gasteiger charge is 2.38. The van der Waals surface area contributed by atoms with Crippen LogP contribution in [-0.4, -0.2) is 5.71 Å². The van der Waals surface area contributed by atoms with Crippen LogP contribution >= 0.6 is 0 Å². The molecule has 0 aromatic rings. The number of nitrogens with one attached hydrogen (secondary N) is 1. The van der Waals surface area contributed by atoms with Gasteiger partial charge in [-0.05, 0) is 17.6 Å². The van der Waals surface area contributed by atoms with Crippen molar-refractivity contribution in [3.05, 3.63) is 46.6 Å². The Hall–Kier alpha value is -1.57. The summed E-state index contributed by atoms with van der Waals surface area (Å²) in [6, 6.07) is 0. The van der Waals surface area contributed by atoms with Gasteiger partial charge < -0.3 is 4.74 Å². The molecule has 2 rings (SSSR count).